The average molecular weight is 248 g/mol. The van der Waals surface area contributed by atoms with Crippen molar-refractivity contribution in [3.05, 3.63) is 17.7 Å². The molecule has 1 atom stereocenters. The Balaban J connectivity index is 1.58. The summed E-state index contributed by atoms with van der Waals surface area (Å²) in [6, 6.07) is 0.565. The largest absolute Gasteiger partial charge is 0.347 e. The summed E-state index contributed by atoms with van der Waals surface area (Å²) in [6.45, 7) is 9.37. The minimum absolute atomic E-state index is 0.490. The van der Waals surface area contributed by atoms with Gasteiger partial charge < -0.3 is 15.2 Å². The Morgan fingerprint density at radius 3 is 3.22 bits per heavy atom. The van der Waals surface area contributed by atoms with Crippen LogP contribution >= 0.6 is 0 Å². The third kappa shape index (κ3) is 2.59. The van der Waals surface area contributed by atoms with Gasteiger partial charge in [-0.25, -0.2) is 4.98 Å². The number of hydrogen-bond donors (Lipinski definition) is 2. The van der Waals surface area contributed by atoms with Crippen LogP contribution in [0.2, 0.25) is 0 Å². The molecule has 18 heavy (non-hydrogen) atoms. The molecule has 2 aliphatic rings. The minimum atomic E-state index is 0.490. The van der Waals surface area contributed by atoms with Gasteiger partial charge in [0.25, 0.3) is 0 Å². The molecule has 1 fully saturated rings. The Kier molecular flexibility index (Phi) is 3.16. The van der Waals surface area contributed by atoms with Crippen molar-refractivity contribution < 1.29 is 0 Å². The first kappa shape index (κ1) is 12.2. The number of rotatable bonds is 2. The predicted octanol–water partition coefficient (Wildman–Crippen LogP) is 1.55. The summed E-state index contributed by atoms with van der Waals surface area (Å²) < 4.78 is 0. The van der Waals surface area contributed by atoms with Gasteiger partial charge in [0.15, 0.2) is 0 Å². The summed E-state index contributed by atoms with van der Waals surface area (Å²) in [5.41, 5.74) is 3.02. The second-order valence-corrected chi connectivity index (χ2v) is 6.61. The van der Waals surface area contributed by atoms with E-state index in [0.717, 1.165) is 19.5 Å². The van der Waals surface area contributed by atoms with E-state index in [1.54, 1.807) is 0 Å². The highest BCUT2D eigenvalue weighted by atomic mass is 15.2. The fourth-order valence-corrected chi connectivity index (χ4v) is 3.37. The van der Waals surface area contributed by atoms with Crippen LogP contribution in [0.1, 0.15) is 38.1 Å². The summed E-state index contributed by atoms with van der Waals surface area (Å²) in [6.07, 6.45) is 5.59. The summed E-state index contributed by atoms with van der Waals surface area (Å²) in [7, 11) is 0. The Morgan fingerprint density at radius 1 is 1.50 bits per heavy atom. The summed E-state index contributed by atoms with van der Waals surface area (Å²) in [5, 5.41) is 3.62. The van der Waals surface area contributed by atoms with Gasteiger partial charge >= 0.3 is 0 Å². The maximum absolute atomic E-state index is 4.41. The molecule has 100 valence electrons. The molecule has 0 radical (unpaired) electrons. The zero-order valence-corrected chi connectivity index (χ0v) is 11.5. The van der Waals surface area contributed by atoms with Crippen molar-refractivity contribution in [2.24, 2.45) is 5.41 Å². The number of nitrogens with zero attached hydrogens (tertiary/aromatic N) is 2. The molecule has 4 nitrogen and oxygen atoms in total. The maximum Gasteiger partial charge on any atom is 0.0925 e. The normalized spacial score (nSPS) is 28.0. The van der Waals surface area contributed by atoms with Crippen LogP contribution in [0.25, 0.3) is 0 Å². The SMILES string of the molecule is CC1(C)CCCN(CC2Cc3nc[nH]c3CN2)C1. The van der Waals surface area contributed by atoms with E-state index in [2.05, 4.69) is 34.0 Å². The molecule has 0 aromatic carbocycles. The van der Waals surface area contributed by atoms with Gasteiger partial charge in [0.05, 0.1) is 17.7 Å². The molecule has 4 heteroatoms. The number of fused-ring (bicyclic) bond motifs is 1. The van der Waals surface area contributed by atoms with Gasteiger partial charge in [0.1, 0.15) is 0 Å². The first-order chi connectivity index (χ1) is 8.62. The Bertz CT molecular complexity index is 410. The van der Waals surface area contributed by atoms with Crippen LogP contribution in [0.3, 0.4) is 0 Å². The van der Waals surface area contributed by atoms with E-state index in [1.807, 2.05) is 6.33 Å². The lowest BCUT2D eigenvalue weighted by Crippen LogP contribution is -2.49. The van der Waals surface area contributed by atoms with Crippen LogP contribution < -0.4 is 5.32 Å². The predicted molar refractivity (Wildman–Crippen MR) is 72.4 cm³/mol. The van der Waals surface area contributed by atoms with Crippen LogP contribution in [0.5, 0.6) is 0 Å². The molecule has 1 aromatic rings. The van der Waals surface area contributed by atoms with Crippen molar-refractivity contribution >= 4 is 0 Å². The number of likely N-dealkylation sites (tertiary alicyclic amines) is 1. The van der Waals surface area contributed by atoms with E-state index in [0.29, 0.717) is 11.5 Å². The Hall–Kier alpha value is -0.870. The number of nitrogens with one attached hydrogen (secondary N) is 2. The van der Waals surface area contributed by atoms with E-state index in [1.165, 1.54) is 37.3 Å². The quantitative estimate of drug-likeness (QED) is 0.834. The van der Waals surface area contributed by atoms with E-state index in [-0.39, 0.29) is 0 Å². The molecular weight excluding hydrogens is 224 g/mol. The molecule has 3 rings (SSSR count). The lowest BCUT2D eigenvalue weighted by atomic mass is 9.84. The zero-order chi connectivity index (χ0) is 12.6. The first-order valence-corrected chi connectivity index (χ1v) is 7.09. The molecule has 2 N–H and O–H groups in total. The molecular formula is C14H24N4. The van der Waals surface area contributed by atoms with Crippen LogP contribution in [0.15, 0.2) is 6.33 Å². The zero-order valence-electron chi connectivity index (χ0n) is 11.5. The van der Waals surface area contributed by atoms with Crippen molar-refractivity contribution in [2.75, 3.05) is 19.6 Å². The minimum Gasteiger partial charge on any atom is -0.347 e. The highest BCUT2D eigenvalue weighted by molar-refractivity contribution is 5.16. The highest BCUT2D eigenvalue weighted by Gasteiger charge is 2.29. The van der Waals surface area contributed by atoms with Crippen LogP contribution in [0, 0.1) is 5.41 Å². The van der Waals surface area contributed by atoms with Crippen molar-refractivity contribution in [3.63, 3.8) is 0 Å². The molecule has 3 heterocycles. The molecule has 0 amide bonds. The van der Waals surface area contributed by atoms with Crippen molar-refractivity contribution in [2.45, 2.75) is 45.7 Å². The number of imidazole rings is 1. The van der Waals surface area contributed by atoms with Gasteiger partial charge in [-0.15, -0.1) is 0 Å². The second kappa shape index (κ2) is 4.67. The summed E-state index contributed by atoms with van der Waals surface area (Å²) in [5.74, 6) is 0. The number of aromatic nitrogens is 2. The lowest BCUT2D eigenvalue weighted by molar-refractivity contribution is 0.106. The molecule has 1 unspecified atom stereocenters. The standard InChI is InChI=1S/C14H24N4/c1-14(2)4-3-5-18(9-14)8-11-6-12-13(7-15-11)17-10-16-12/h10-11,15H,3-9H2,1-2H3,(H,16,17). The topological polar surface area (TPSA) is 44.0 Å². The third-order valence-electron chi connectivity index (χ3n) is 4.27. The number of piperidine rings is 1. The second-order valence-electron chi connectivity index (χ2n) is 6.61. The molecule has 1 saturated heterocycles. The van der Waals surface area contributed by atoms with Gasteiger partial charge in [-0.05, 0) is 24.8 Å². The molecule has 1 aromatic heterocycles. The van der Waals surface area contributed by atoms with E-state index < -0.39 is 0 Å². The van der Waals surface area contributed by atoms with E-state index >= 15 is 0 Å². The smallest absolute Gasteiger partial charge is 0.0925 e. The van der Waals surface area contributed by atoms with E-state index in [9.17, 15) is 0 Å². The van der Waals surface area contributed by atoms with Gasteiger partial charge in [-0.3, -0.25) is 0 Å². The number of aromatic amines is 1. The fourth-order valence-electron chi connectivity index (χ4n) is 3.37. The van der Waals surface area contributed by atoms with Gasteiger partial charge in [-0.2, -0.15) is 0 Å². The van der Waals surface area contributed by atoms with Gasteiger partial charge in [0.2, 0.25) is 0 Å². The van der Waals surface area contributed by atoms with Crippen molar-refractivity contribution in [1.82, 2.24) is 20.2 Å². The summed E-state index contributed by atoms with van der Waals surface area (Å²) >= 11 is 0. The van der Waals surface area contributed by atoms with E-state index in [4.69, 9.17) is 0 Å². The monoisotopic (exact) mass is 248 g/mol. The van der Waals surface area contributed by atoms with Gasteiger partial charge in [0, 0.05) is 32.1 Å². The van der Waals surface area contributed by atoms with Gasteiger partial charge in [-0.1, -0.05) is 13.8 Å². The first-order valence-electron chi connectivity index (χ1n) is 7.09. The lowest BCUT2D eigenvalue weighted by Gasteiger charge is -2.40. The average Bonchev–Trinajstić information content (AvgIpc) is 2.74. The van der Waals surface area contributed by atoms with Crippen molar-refractivity contribution in [1.29, 1.82) is 0 Å². The fraction of sp³-hybridized carbons (Fsp3) is 0.786. The molecule has 0 aliphatic carbocycles. The summed E-state index contributed by atoms with van der Waals surface area (Å²) in [4.78, 5) is 10.2. The maximum atomic E-state index is 4.41. The van der Waals surface area contributed by atoms with Crippen LogP contribution in [-0.2, 0) is 13.0 Å². The van der Waals surface area contributed by atoms with Crippen LogP contribution in [0.4, 0.5) is 0 Å². The van der Waals surface area contributed by atoms with Crippen LogP contribution in [-0.4, -0.2) is 40.5 Å². The molecule has 0 saturated carbocycles. The third-order valence-corrected chi connectivity index (χ3v) is 4.27. The number of hydrogen-bond acceptors (Lipinski definition) is 3. The highest BCUT2D eigenvalue weighted by Crippen LogP contribution is 2.28. The van der Waals surface area contributed by atoms with Crippen molar-refractivity contribution in [3.8, 4) is 0 Å². The molecule has 2 aliphatic heterocycles. The molecule has 0 bridgehead atoms. The Labute approximate surface area is 109 Å². The Morgan fingerprint density at radius 2 is 2.39 bits per heavy atom. The molecule has 0 spiro atoms. The number of H-pyrrole nitrogens is 1.